The molecular formula is C20H24N4O3. The van der Waals surface area contributed by atoms with Gasteiger partial charge >= 0.3 is 5.69 Å². The molecule has 2 N–H and O–H groups in total. The Bertz CT molecular complexity index is 957. The van der Waals surface area contributed by atoms with Crippen LogP contribution in [0.1, 0.15) is 0 Å². The Morgan fingerprint density at radius 3 is 2.59 bits per heavy atom. The number of H-pyrrole nitrogens is 2. The summed E-state index contributed by atoms with van der Waals surface area (Å²) in [4.78, 5) is 21.6. The SMILES string of the molecule is COc1ccccc1N1CCN(CCOc2ccc3[nH]c(=O)[nH]c3c2)CC1. The molecule has 0 spiro atoms. The summed E-state index contributed by atoms with van der Waals surface area (Å²) in [6, 6.07) is 13.7. The number of fused-ring (bicyclic) bond motifs is 1. The summed E-state index contributed by atoms with van der Waals surface area (Å²) in [6.45, 7) is 5.42. The van der Waals surface area contributed by atoms with Crippen molar-refractivity contribution in [2.24, 2.45) is 0 Å². The number of hydrogen-bond donors (Lipinski definition) is 2. The molecule has 2 aromatic carbocycles. The van der Waals surface area contributed by atoms with E-state index in [9.17, 15) is 4.79 Å². The first kappa shape index (κ1) is 17.5. The molecule has 1 aliphatic rings. The predicted octanol–water partition coefficient (Wildman–Crippen LogP) is 2.07. The quantitative estimate of drug-likeness (QED) is 0.697. The zero-order valence-electron chi connectivity index (χ0n) is 15.4. The molecule has 0 atom stereocenters. The molecule has 0 aliphatic carbocycles. The van der Waals surface area contributed by atoms with Crippen LogP contribution in [0.15, 0.2) is 47.3 Å². The average Bonchev–Trinajstić information content (AvgIpc) is 3.08. The first-order valence-electron chi connectivity index (χ1n) is 9.18. The lowest BCUT2D eigenvalue weighted by Crippen LogP contribution is -2.47. The zero-order valence-corrected chi connectivity index (χ0v) is 15.4. The molecule has 0 radical (unpaired) electrons. The maximum absolute atomic E-state index is 11.3. The monoisotopic (exact) mass is 368 g/mol. The highest BCUT2D eigenvalue weighted by Crippen LogP contribution is 2.28. The van der Waals surface area contributed by atoms with Crippen molar-refractivity contribution in [3.05, 3.63) is 52.9 Å². The minimum atomic E-state index is -0.199. The van der Waals surface area contributed by atoms with E-state index in [2.05, 4.69) is 25.8 Å². The van der Waals surface area contributed by atoms with Crippen LogP contribution in [-0.4, -0.2) is 61.3 Å². The number of aromatic amines is 2. The number of imidazole rings is 1. The molecule has 1 saturated heterocycles. The van der Waals surface area contributed by atoms with Gasteiger partial charge in [-0.3, -0.25) is 4.90 Å². The van der Waals surface area contributed by atoms with Gasteiger partial charge in [-0.05, 0) is 24.3 Å². The zero-order chi connectivity index (χ0) is 18.6. The maximum atomic E-state index is 11.3. The molecule has 2 heterocycles. The fraction of sp³-hybridized carbons (Fsp3) is 0.350. The van der Waals surface area contributed by atoms with Gasteiger partial charge in [-0.1, -0.05) is 12.1 Å². The number of aromatic nitrogens is 2. The molecule has 7 heteroatoms. The van der Waals surface area contributed by atoms with Crippen LogP contribution in [0.25, 0.3) is 11.0 Å². The summed E-state index contributed by atoms with van der Waals surface area (Å²) < 4.78 is 11.3. The second-order valence-corrected chi connectivity index (χ2v) is 6.64. The number of hydrogen-bond acceptors (Lipinski definition) is 5. The van der Waals surface area contributed by atoms with Crippen molar-refractivity contribution in [1.82, 2.24) is 14.9 Å². The molecule has 1 fully saturated rings. The molecule has 142 valence electrons. The average molecular weight is 368 g/mol. The van der Waals surface area contributed by atoms with Crippen molar-refractivity contribution in [1.29, 1.82) is 0 Å². The number of nitrogens with one attached hydrogen (secondary N) is 2. The van der Waals surface area contributed by atoms with E-state index in [1.165, 1.54) is 0 Å². The summed E-state index contributed by atoms with van der Waals surface area (Å²) in [5.41, 5.74) is 2.52. The van der Waals surface area contributed by atoms with E-state index in [1.54, 1.807) is 7.11 Å². The van der Waals surface area contributed by atoms with Crippen LogP contribution in [0.3, 0.4) is 0 Å². The summed E-state index contributed by atoms with van der Waals surface area (Å²) in [5.74, 6) is 1.69. The summed E-state index contributed by atoms with van der Waals surface area (Å²) in [5, 5.41) is 0. The third-order valence-corrected chi connectivity index (χ3v) is 4.96. The first-order valence-corrected chi connectivity index (χ1v) is 9.18. The van der Waals surface area contributed by atoms with Crippen LogP contribution < -0.4 is 20.1 Å². The number of benzene rings is 2. The molecule has 1 aromatic heterocycles. The van der Waals surface area contributed by atoms with Gasteiger partial charge in [0.2, 0.25) is 0 Å². The van der Waals surface area contributed by atoms with E-state index in [1.807, 2.05) is 36.4 Å². The second kappa shape index (κ2) is 7.75. The van der Waals surface area contributed by atoms with E-state index in [0.717, 1.165) is 60.9 Å². The lowest BCUT2D eigenvalue weighted by atomic mass is 10.2. The van der Waals surface area contributed by atoms with Crippen LogP contribution >= 0.6 is 0 Å². The molecule has 3 aromatic rings. The predicted molar refractivity (Wildman–Crippen MR) is 106 cm³/mol. The Balaban J connectivity index is 1.27. The number of rotatable bonds is 6. The molecule has 0 unspecified atom stereocenters. The van der Waals surface area contributed by atoms with E-state index in [-0.39, 0.29) is 5.69 Å². The van der Waals surface area contributed by atoms with Crippen molar-refractivity contribution in [3.63, 3.8) is 0 Å². The lowest BCUT2D eigenvalue weighted by Gasteiger charge is -2.36. The molecule has 0 saturated carbocycles. The van der Waals surface area contributed by atoms with E-state index in [0.29, 0.717) is 6.61 Å². The van der Waals surface area contributed by atoms with Gasteiger partial charge in [-0.2, -0.15) is 0 Å². The van der Waals surface area contributed by atoms with E-state index >= 15 is 0 Å². The Kier molecular flexibility index (Phi) is 5.02. The van der Waals surface area contributed by atoms with Crippen molar-refractivity contribution in [3.8, 4) is 11.5 Å². The van der Waals surface area contributed by atoms with Gasteiger partial charge in [-0.15, -0.1) is 0 Å². The Labute approximate surface area is 157 Å². The molecule has 0 bridgehead atoms. The van der Waals surface area contributed by atoms with Gasteiger partial charge in [0.1, 0.15) is 18.1 Å². The maximum Gasteiger partial charge on any atom is 0.323 e. The summed E-state index contributed by atoms with van der Waals surface area (Å²) >= 11 is 0. The fourth-order valence-electron chi connectivity index (χ4n) is 3.50. The highest BCUT2D eigenvalue weighted by molar-refractivity contribution is 5.75. The van der Waals surface area contributed by atoms with Crippen LogP contribution in [0.4, 0.5) is 5.69 Å². The van der Waals surface area contributed by atoms with Gasteiger partial charge in [0.05, 0.1) is 23.8 Å². The van der Waals surface area contributed by atoms with Crippen LogP contribution in [0, 0.1) is 0 Å². The molecule has 0 amide bonds. The molecule has 27 heavy (non-hydrogen) atoms. The van der Waals surface area contributed by atoms with Crippen LogP contribution in [0.5, 0.6) is 11.5 Å². The fourth-order valence-corrected chi connectivity index (χ4v) is 3.50. The first-order chi connectivity index (χ1) is 13.2. The van der Waals surface area contributed by atoms with Crippen molar-refractivity contribution in [2.45, 2.75) is 0 Å². The summed E-state index contributed by atoms with van der Waals surface area (Å²) in [6.07, 6.45) is 0. The molecular weight excluding hydrogens is 344 g/mol. The number of ether oxygens (including phenoxy) is 2. The Morgan fingerprint density at radius 2 is 1.78 bits per heavy atom. The van der Waals surface area contributed by atoms with Gasteiger partial charge in [0, 0.05) is 38.8 Å². The third-order valence-electron chi connectivity index (χ3n) is 4.96. The van der Waals surface area contributed by atoms with Crippen molar-refractivity contribution in [2.75, 3.05) is 51.3 Å². The van der Waals surface area contributed by atoms with Gasteiger partial charge in [-0.25, -0.2) is 4.79 Å². The highest BCUT2D eigenvalue weighted by Gasteiger charge is 2.19. The topological polar surface area (TPSA) is 73.6 Å². The number of methoxy groups -OCH3 is 1. The van der Waals surface area contributed by atoms with Crippen LogP contribution in [-0.2, 0) is 0 Å². The summed E-state index contributed by atoms with van der Waals surface area (Å²) in [7, 11) is 1.72. The van der Waals surface area contributed by atoms with Crippen molar-refractivity contribution < 1.29 is 9.47 Å². The minimum Gasteiger partial charge on any atom is -0.495 e. The molecule has 4 rings (SSSR count). The number of piperazine rings is 1. The Morgan fingerprint density at radius 1 is 1.00 bits per heavy atom. The standard InChI is InChI=1S/C20H24N4O3/c1-26-19-5-3-2-4-18(19)24-10-8-23(9-11-24)12-13-27-15-6-7-16-17(14-15)22-20(25)21-16/h2-7,14H,8-13H2,1H3,(H2,21,22,25). The largest absolute Gasteiger partial charge is 0.495 e. The minimum absolute atomic E-state index is 0.199. The lowest BCUT2D eigenvalue weighted by molar-refractivity contribution is 0.200. The van der Waals surface area contributed by atoms with Crippen molar-refractivity contribution >= 4 is 16.7 Å². The third kappa shape index (κ3) is 3.93. The second-order valence-electron chi connectivity index (χ2n) is 6.64. The molecule has 7 nitrogen and oxygen atoms in total. The van der Waals surface area contributed by atoms with Gasteiger partial charge in [0.25, 0.3) is 0 Å². The van der Waals surface area contributed by atoms with Crippen LogP contribution in [0.2, 0.25) is 0 Å². The van der Waals surface area contributed by atoms with Gasteiger partial charge < -0.3 is 24.3 Å². The van der Waals surface area contributed by atoms with E-state index in [4.69, 9.17) is 9.47 Å². The Hall–Kier alpha value is -2.93. The number of para-hydroxylation sites is 2. The van der Waals surface area contributed by atoms with E-state index < -0.39 is 0 Å². The molecule has 1 aliphatic heterocycles. The van der Waals surface area contributed by atoms with Gasteiger partial charge in [0.15, 0.2) is 0 Å². The number of anilines is 1. The smallest absolute Gasteiger partial charge is 0.323 e. The highest BCUT2D eigenvalue weighted by atomic mass is 16.5. The normalized spacial score (nSPS) is 15.2. The number of nitrogens with zero attached hydrogens (tertiary/aromatic N) is 2.